The molecule has 0 spiro atoms. The van der Waals surface area contributed by atoms with Crippen molar-refractivity contribution in [2.24, 2.45) is 0 Å². The molecule has 1 aliphatic rings. The van der Waals surface area contributed by atoms with E-state index in [4.69, 9.17) is 14.2 Å². The van der Waals surface area contributed by atoms with Crippen LogP contribution in [0.3, 0.4) is 0 Å². The number of nitrogens with zero attached hydrogens (tertiary/aromatic N) is 2. The molecule has 0 aromatic heterocycles. The zero-order chi connectivity index (χ0) is 20.3. The fourth-order valence-corrected chi connectivity index (χ4v) is 3.22. The topological polar surface area (TPSA) is 68.3 Å². The van der Waals surface area contributed by atoms with Gasteiger partial charge >= 0.3 is 0 Å². The summed E-state index contributed by atoms with van der Waals surface area (Å²) in [4.78, 5) is 28.2. The first-order chi connectivity index (χ1) is 13.4. The van der Waals surface area contributed by atoms with Gasteiger partial charge in [0, 0.05) is 32.1 Å². The molecule has 2 amide bonds. The molecule has 7 nitrogen and oxygen atoms in total. The van der Waals surface area contributed by atoms with E-state index in [1.54, 1.807) is 43.2 Å². The van der Waals surface area contributed by atoms with E-state index in [0.29, 0.717) is 29.5 Å². The van der Waals surface area contributed by atoms with E-state index in [-0.39, 0.29) is 18.4 Å². The molecule has 0 aliphatic carbocycles. The minimum Gasteiger partial charge on any atom is -0.497 e. The van der Waals surface area contributed by atoms with Gasteiger partial charge in [0.05, 0.1) is 26.5 Å². The third-order valence-electron chi connectivity index (χ3n) is 4.71. The van der Waals surface area contributed by atoms with Crippen LogP contribution in [-0.4, -0.2) is 50.6 Å². The number of carbonyl (C=O) groups is 2. The molecule has 0 saturated heterocycles. The lowest BCUT2D eigenvalue weighted by atomic mass is 10.1. The predicted molar refractivity (Wildman–Crippen MR) is 105 cm³/mol. The van der Waals surface area contributed by atoms with Crippen molar-refractivity contribution in [3.05, 3.63) is 48.0 Å². The number of anilines is 1. The number of likely N-dealkylation sites (N-methyl/N-ethyl adjacent to an activating group) is 1. The number of methoxy groups -OCH3 is 2. The molecule has 0 N–H and O–H groups in total. The lowest BCUT2D eigenvalue weighted by Gasteiger charge is -2.35. The maximum atomic E-state index is 13.0. The molecule has 1 atom stereocenters. The molecule has 1 aliphatic heterocycles. The number of hydrogen-bond acceptors (Lipinski definition) is 5. The quantitative estimate of drug-likeness (QED) is 0.792. The first-order valence-electron chi connectivity index (χ1n) is 8.94. The number of fused-ring (bicyclic) bond motifs is 1. The van der Waals surface area contributed by atoms with Gasteiger partial charge < -0.3 is 24.0 Å². The summed E-state index contributed by atoms with van der Waals surface area (Å²) in [6.07, 6.45) is -0.770. The van der Waals surface area contributed by atoms with Gasteiger partial charge in [-0.1, -0.05) is 12.1 Å². The summed E-state index contributed by atoms with van der Waals surface area (Å²) in [6, 6.07) is 12.7. The number of ether oxygens (including phenoxy) is 3. The first-order valence-corrected chi connectivity index (χ1v) is 8.94. The third-order valence-corrected chi connectivity index (χ3v) is 4.71. The van der Waals surface area contributed by atoms with E-state index in [1.807, 2.05) is 30.3 Å². The summed E-state index contributed by atoms with van der Waals surface area (Å²) >= 11 is 0. The Balaban J connectivity index is 1.78. The SMILES string of the molecule is COc1ccc(CN(C)C(=O)[C@H]2CN(C(C)=O)c3ccccc3O2)c(OC)c1. The zero-order valence-electron chi connectivity index (χ0n) is 16.5. The monoisotopic (exact) mass is 384 g/mol. The lowest BCUT2D eigenvalue weighted by molar-refractivity contribution is -0.138. The lowest BCUT2D eigenvalue weighted by Crippen LogP contribution is -2.50. The smallest absolute Gasteiger partial charge is 0.265 e. The van der Waals surface area contributed by atoms with Crippen molar-refractivity contribution in [3.8, 4) is 17.2 Å². The van der Waals surface area contributed by atoms with Crippen LogP contribution in [0.4, 0.5) is 5.69 Å². The van der Waals surface area contributed by atoms with Crippen molar-refractivity contribution >= 4 is 17.5 Å². The Morgan fingerprint density at radius 1 is 1.18 bits per heavy atom. The van der Waals surface area contributed by atoms with Gasteiger partial charge in [-0.2, -0.15) is 0 Å². The maximum Gasteiger partial charge on any atom is 0.265 e. The molecule has 3 rings (SSSR count). The van der Waals surface area contributed by atoms with Crippen molar-refractivity contribution in [3.63, 3.8) is 0 Å². The molecule has 2 aromatic carbocycles. The van der Waals surface area contributed by atoms with Gasteiger partial charge in [-0.25, -0.2) is 0 Å². The van der Waals surface area contributed by atoms with Gasteiger partial charge in [-0.05, 0) is 24.3 Å². The molecule has 0 unspecified atom stereocenters. The van der Waals surface area contributed by atoms with Crippen LogP contribution in [0, 0.1) is 0 Å². The Labute approximate surface area is 164 Å². The average molecular weight is 384 g/mol. The van der Waals surface area contributed by atoms with Crippen LogP contribution in [-0.2, 0) is 16.1 Å². The first kappa shape index (κ1) is 19.5. The van der Waals surface area contributed by atoms with E-state index < -0.39 is 6.10 Å². The van der Waals surface area contributed by atoms with Crippen LogP contribution in [0.2, 0.25) is 0 Å². The molecular weight excluding hydrogens is 360 g/mol. The fraction of sp³-hybridized carbons (Fsp3) is 0.333. The molecular formula is C21H24N2O5. The van der Waals surface area contributed by atoms with Crippen LogP contribution >= 0.6 is 0 Å². The highest BCUT2D eigenvalue weighted by molar-refractivity contribution is 5.95. The number of benzene rings is 2. The van der Waals surface area contributed by atoms with E-state index in [0.717, 1.165) is 5.56 Å². The summed E-state index contributed by atoms with van der Waals surface area (Å²) in [6.45, 7) is 2.00. The van der Waals surface area contributed by atoms with Gasteiger partial charge in [0.25, 0.3) is 5.91 Å². The predicted octanol–water partition coefficient (Wildman–Crippen LogP) is 2.48. The highest BCUT2D eigenvalue weighted by Gasteiger charge is 2.34. The van der Waals surface area contributed by atoms with Crippen molar-refractivity contribution in [2.75, 3.05) is 32.7 Å². The highest BCUT2D eigenvalue weighted by atomic mass is 16.5. The second-order valence-electron chi connectivity index (χ2n) is 6.58. The van der Waals surface area contributed by atoms with Crippen LogP contribution in [0.1, 0.15) is 12.5 Å². The minimum atomic E-state index is -0.770. The zero-order valence-corrected chi connectivity index (χ0v) is 16.5. The Morgan fingerprint density at radius 3 is 2.61 bits per heavy atom. The molecule has 0 bridgehead atoms. The maximum absolute atomic E-state index is 13.0. The number of carbonyl (C=O) groups excluding carboxylic acids is 2. The van der Waals surface area contributed by atoms with Crippen molar-refractivity contribution in [2.45, 2.75) is 19.6 Å². The van der Waals surface area contributed by atoms with Gasteiger partial charge in [-0.15, -0.1) is 0 Å². The summed E-state index contributed by atoms with van der Waals surface area (Å²) in [5.41, 5.74) is 1.53. The number of para-hydroxylation sites is 2. The molecule has 1 heterocycles. The molecule has 2 aromatic rings. The standard InChI is InChI=1S/C21H24N2O5/c1-14(24)23-13-20(28-18-8-6-5-7-17(18)23)21(25)22(2)12-15-9-10-16(26-3)11-19(15)27-4/h5-11,20H,12-13H2,1-4H3/t20-/m1/s1. The van der Waals surface area contributed by atoms with Gasteiger partial charge in [0.1, 0.15) is 17.2 Å². The van der Waals surface area contributed by atoms with Crippen LogP contribution in [0.25, 0.3) is 0 Å². The fourth-order valence-electron chi connectivity index (χ4n) is 3.22. The number of amides is 2. The van der Waals surface area contributed by atoms with Crippen LogP contribution in [0.15, 0.2) is 42.5 Å². The minimum absolute atomic E-state index is 0.131. The Morgan fingerprint density at radius 2 is 1.93 bits per heavy atom. The van der Waals surface area contributed by atoms with E-state index in [1.165, 1.54) is 6.92 Å². The molecule has 0 fully saturated rings. The summed E-state index contributed by atoms with van der Waals surface area (Å²) < 4.78 is 16.5. The second kappa shape index (κ2) is 8.21. The third kappa shape index (κ3) is 3.88. The van der Waals surface area contributed by atoms with E-state index >= 15 is 0 Å². The summed E-state index contributed by atoms with van der Waals surface area (Å²) in [7, 11) is 4.86. The van der Waals surface area contributed by atoms with Crippen molar-refractivity contribution in [1.82, 2.24) is 4.90 Å². The van der Waals surface area contributed by atoms with Crippen molar-refractivity contribution < 1.29 is 23.8 Å². The largest absolute Gasteiger partial charge is 0.497 e. The van der Waals surface area contributed by atoms with Crippen molar-refractivity contribution in [1.29, 1.82) is 0 Å². The van der Waals surface area contributed by atoms with Gasteiger partial charge in [0.15, 0.2) is 6.10 Å². The molecule has 7 heteroatoms. The Hall–Kier alpha value is -3.22. The molecule has 0 radical (unpaired) electrons. The summed E-state index contributed by atoms with van der Waals surface area (Å²) in [5, 5.41) is 0. The van der Waals surface area contributed by atoms with E-state index in [9.17, 15) is 9.59 Å². The van der Waals surface area contributed by atoms with E-state index in [2.05, 4.69) is 0 Å². The number of rotatable bonds is 5. The summed E-state index contributed by atoms with van der Waals surface area (Å²) in [5.74, 6) is 1.50. The van der Waals surface area contributed by atoms with Crippen LogP contribution < -0.4 is 19.1 Å². The van der Waals surface area contributed by atoms with Crippen LogP contribution in [0.5, 0.6) is 17.2 Å². The highest BCUT2D eigenvalue weighted by Crippen LogP contribution is 2.33. The van der Waals surface area contributed by atoms with Gasteiger partial charge in [-0.3, -0.25) is 9.59 Å². The molecule has 0 saturated carbocycles. The Kier molecular flexibility index (Phi) is 5.73. The van der Waals surface area contributed by atoms with Gasteiger partial charge in [0.2, 0.25) is 5.91 Å². The second-order valence-corrected chi connectivity index (χ2v) is 6.58. The average Bonchev–Trinajstić information content (AvgIpc) is 2.72. The molecule has 28 heavy (non-hydrogen) atoms. The normalized spacial score (nSPS) is 15.3. The Bertz CT molecular complexity index is 883. The molecule has 148 valence electrons. The number of hydrogen-bond donors (Lipinski definition) is 0.